The molecule has 3 heteroatoms. The molecule has 0 saturated heterocycles. The number of carbonyl (C=O) groups is 1. The maximum absolute atomic E-state index is 10.4. The van der Waals surface area contributed by atoms with Crippen molar-refractivity contribution in [1.82, 2.24) is 0 Å². The SMILES string of the molecule is CC/C=C\C[C@@H](C#C/C=C\C#C[C@@H](C)CC=O)O[Si](C)(C)C(C)(C)C. The first-order chi connectivity index (χ1) is 11.6. The topological polar surface area (TPSA) is 26.3 Å². The molecule has 0 N–H and O–H groups in total. The molecule has 0 aromatic carbocycles. The quantitative estimate of drug-likeness (QED) is 0.259. The first kappa shape index (κ1) is 23.4. The summed E-state index contributed by atoms with van der Waals surface area (Å²) in [6, 6.07) is 0. The average molecular weight is 359 g/mol. The third-order valence-electron chi connectivity index (χ3n) is 4.27. The lowest BCUT2D eigenvalue weighted by molar-refractivity contribution is -0.108. The Kier molecular flexibility index (Phi) is 11.2. The van der Waals surface area contributed by atoms with Gasteiger partial charge >= 0.3 is 0 Å². The summed E-state index contributed by atoms with van der Waals surface area (Å²) < 4.78 is 6.43. The molecule has 0 heterocycles. The third-order valence-corrected chi connectivity index (χ3v) is 8.76. The monoisotopic (exact) mass is 358 g/mol. The highest BCUT2D eigenvalue weighted by Crippen LogP contribution is 2.37. The van der Waals surface area contributed by atoms with Gasteiger partial charge in [0.15, 0.2) is 8.32 Å². The average Bonchev–Trinajstić information content (AvgIpc) is 2.49. The Bertz CT molecular complexity index is 571. The molecule has 0 aliphatic rings. The standard InChI is InChI=1S/C22H34O2Si/c1-8-9-12-16-21(24-25(6,7)22(3,4)5)17-14-11-10-13-15-20(2)18-19-23/h9-12,19-21H,8,16,18H2,1-7H3/b11-10-,12-9-/t20-,21+/m1/s1. The lowest BCUT2D eigenvalue weighted by atomic mass is 10.1. The highest BCUT2D eigenvalue weighted by atomic mass is 28.4. The normalized spacial score (nSPS) is 14.5. The molecular formula is C22H34O2Si. The van der Waals surface area contributed by atoms with Crippen LogP contribution >= 0.6 is 0 Å². The molecule has 0 aliphatic heterocycles. The molecule has 0 aromatic rings. The van der Waals surface area contributed by atoms with E-state index >= 15 is 0 Å². The summed E-state index contributed by atoms with van der Waals surface area (Å²) in [4.78, 5) is 10.4. The van der Waals surface area contributed by atoms with Gasteiger partial charge in [-0.2, -0.15) is 0 Å². The third kappa shape index (κ3) is 10.8. The molecule has 0 aromatic heterocycles. The van der Waals surface area contributed by atoms with Crippen molar-refractivity contribution >= 4 is 14.6 Å². The number of hydrogen-bond acceptors (Lipinski definition) is 2. The predicted molar refractivity (Wildman–Crippen MR) is 111 cm³/mol. The molecule has 0 spiro atoms. The lowest BCUT2D eigenvalue weighted by Gasteiger charge is -2.37. The van der Waals surface area contributed by atoms with Gasteiger partial charge in [0.25, 0.3) is 0 Å². The van der Waals surface area contributed by atoms with Crippen LogP contribution < -0.4 is 0 Å². The number of hydrogen-bond donors (Lipinski definition) is 0. The Labute approximate surface area is 156 Å². The second kappa shape index (κ2) is 11.9. The van der Waals surface area contributed by atoms with E-state index in [0.29, 0.717) is 6.42 Å². The number of rotatable bonds is 7. The van der Waals surface area contributed by atoms with E-state index in [1.54, 1.807) is 12.2 Å². The zero-order valence-corrected chi connectivity index (χ0v) is 18.0. The van der Waals surface area contributed by atoms with Gasteiger partial charge in [0, 0.05) is 18.8 Å². The minimum absolute atomic E-state index is 0.0870. The molecule has 0 unspecified atom stereocenters. The van der Waals surface area contributed by atoms with Crippen LogP contribution in [0.25, 0.3) is 0 Å². The minimum Gasteiger partial charge on any atom is -0.403 e. The van der Waals surface area contributed by atoms with E-state index in [0.717, 1.165) is 19.1 Å². The van der Waals surface area contributed by atoms with Crippen molar-refractivity contribution in [2.24, 2.45) is 5.92 Å². The van der Waals surface area contributed by atoms with Crippen molar-refractivity contribution in [1.29, 1.82) is 0 Å². The first-order valence-electron chi connectivity index (χ1n) is 9.07. The molecular weight excluding hydrogens is 324 g/mol. The van der Waals surface area contributed by atoms with Crippen molar-refractivity contribution in [3.8, 4) is 23.7 Å². The van der Waals surface area contributed by atoms with E-state index in [-0.39, 0.29) is 17.1 Å². The first-order valence-corrected chi connectivity index (χ1v) is 12.0. The molecule has 0 amide bonds. The Morgan fingerprint density at radius 2 is 1.64 bits per heavy atom. The Balaban J connectivity index is 4.97. The molecule has 25 heavy (non-hydrogen) atoms. The van der Waals surface area contributed by atoms with Crippen molar-refractivity contribution in [3.63, 3.8) is 0 Å². The summed E-state index contributed by atoms with van der Waals surface area (Å²) in [6.45, 7) is 15.3. The highest BCUT2D eigenvalue weighted by molar-refractivity contribution is 6.74. The van der Waals surface area contributed by atoms with E-state index in [2.05, 4.69) is 76.6 Å². The van der Waals surface area contributed by atoms with Crippen LogP contribution in [0.1, 0.15) is 53.9 Å². The Morgan fingerprint density at radius 3 is 2.16 bits per heavy atom. The zero-order valence-electron chi connectivity index (χ0n) is 17.0. The fraction of sp³-hybridized carbons (Fsp3) is 0.591. The van der Waals surface area contributed by atoms with Gasteiger partial charge < -0.3 is 9.22 Å². The van der Waals surface area contributed by atoms with Gasteiger partial charge in [0.05, 0.1) is 0 Å². The Morgan fingerprint density at radius 1 is 1.04 bits per heavy atom. The van der Waals surface area contributed by atoms with Crippen molar-refractivity contribution in [3.05, 3.63) is 24.3 Å². The van der Waals surface area contributed by atoms with Crippen molar-refractivity contribution in [2.45, 2.75) is 78.1 Å². The molecule has 0 rings (SSSR count). The minimum atomic E-state index is -1.85. The van der Waals surface area contributed by atoms with Gasteiger partial charge in [-0.25, -0.2) is 0 Å². The summed E-state index contributed by atoms with van der Waals surface area (Å²) in [6.07, 6.45) is 10.9. The molecule has 0 aliphatic carbocycles. The Hall–Kier alpha value is -1.55. The summed E-state index contributed by atoms with van der Waals surface area (Å²) in [7, 11) is -1.85. The van der Waals surface area contributed by atoms with Crippen LogP contribution in [0.3, 0.4) is 0 Å². The van der Waals surface area contributed by atoms with E-state index in [4.69, 9.17) is 4.43 Å². The molecule has 0 bridgehead atoms. The zero-order chi connectivity index (χ0) is 19.3. The van der Waals surface area contributed by atoms with E-state index in [9.17, 15) is 4.79 Å². The van der Waals surface area contributed by atoms with Crippen LogP contribution in [0.15, 0.2) is 24.3 Å². The smallest absolute Gasteiger partial charge is 0.193 e. The number of aldehydes is 1. The molecule has 0 saturated carbocycles. The van der Waals surface area contributed by atoms with E-state index in [1.807, 2.05) is 6.92 Å². The fourth-order valence-corrected chi connectivity index (χ4v) is 2.89. The molecule has 0 radical (unpaired) electrons. The summed E-state index contributed by atoms with van der Waals surface area (Å²) in [5.74, 6) is 12.3. The van der Waals surface area contributed by atoms with Gasteiger partial charge in [-0.1, -0.05) is 70.5 Å². The van der Waals surface area contributed by atoms with E-state index < -0.39 is 8.32 Å². The summed E-state index contributed by atoms with van der Waals surface area (Å²) >= 11 is 0. The highest BCUT2D eigenvalue weighted by Gasteiger charge is 2.38. The van der Waals surface area contributed by atoms with Gasteiger partial charge in [-0.15, -0.1) is 0 Å². The molecule has 2 nitrogen and oxygen atoms in total. The van der Waals surface area contributed by atoms with Gasteiger partial charge in [-0.3, -0.25) is 0 Å². The van der Waals surface area contributed by atoms with Crippen LogP contribution in [0, 0.1) is 29.6 Å². The van der Waals surface area contributed by atoms with Gasteiger partial charge in [0.2, 0.25) is 0 Å². The van der Waals surface area contributed by atoms with Gasteiger partial charge in [-0.05, 0) is 36.7 Å². The van der Waals surface area contributed by atoms with Crippen LogP contribution in [0.2, 0.25) is 18.1 Å². The second-order valence-electron chi connectivity index (χ2n) is 7.70. The maximum atomic E-state index is 10.4. The summed E-state index contributed by atoms with van der Waals surface area (Å²) in [5, 5.41) is 0.164. The van der Waals surface area contributed by atoms with E-state index in [1.165, 1.54) is 0 Å². The van der Waals surface area contributed by atoms with Crippen LogP contribution in [-0.4, -0.2) is 20.7 Å². The fourth-order valence-electron chi connectivity index (χ4n) is 1.67. The maximum Gasteiger partial charge on any atom is 0.193 e. The molecule has 138 valence electrons. The van der Waals surface area contributed by atoms with Crippen LogP contribution in [-0.2, 0) is 9.22 Å². The van der Waals surface area contributed by atoms with Crippen molar-refractivity contribution in [2.75, 3.05) is 0 Å². The summed E-state index contributed by atoms with van der Waals surface area (Å²) in [5.41, 5.74) is 0. The molecule has 2 atom stereocenters. The largest absolute Gasteiger partial charge is 0.403 e. The van der Waals surface area contributed by atoms with Gasteiger partial charge in [0.1, 0.15) is 12.4 Å². The number of allylic oxidation sites excluding steroid dienone is 3. The lowest BCUT2D eigenvalue weighted by Crippen LogP contribution is -2.43. The number of carbonyl (C=O) groups excluding carboxylic acids is 1. The van der Waals surface area contributed by atoms with Crippen molar-refractivity contribution < 1.29 is 9.22 Å². The second-order valence-corrected chi connectivity index (χ2v) is 12.5. The van der Waals surface area contributed by atoms with Crippen LogP contribution in [0.4, 0.5) is 0 Å². The molecule has 0 fully saturated rings. The van der Waals surface area contributed by atoms with Crippen LogP contribution in [0.5, 0.6) is 0 Å². The predicted octanol–water partition coefficient (Wildman–Crippen LogP) is 5.52.